The normalized spacial score (nSPS) is 10.3. The van der Waals surface area contributed by atoms with Crippen LogP contribution in [0.25, 0.3) is 0 Å². The highest BCUT2D eigenvalue weighted by atomic mass is 35.5. The van der Waals surface area contributed by atoms with Crippen molar-refractivity contribution in [2.24, 2.45) is 0 Å². The van der Waals surface area contributed by atoms with Gasteiger partial charge in [-0.1, -0.05) is 35.5 Å². The Bertz CT molecular complexity index is 741. The zero-order valence-electron chi connectivity index (χ0n) is 10.7. The molecule has 0 aliphatic carbocycles. The van der Waals surface area contributed by atoms with Crippen LogP contribution in [-0.2, 0) is 11.3 Å². The van der Waals surface area contributed by atoms with Gasteiger partial charge in [-0.05, 0) is 17.7 Å². The second-order valence-electron chi connectivity index (χ2n) is 4.00. The van der Waals surface area contributed by atoms with E-state index in [1.165, 1.54) is 0 Å². The molecule has 3 N–H and O–H groups in total. The van der Waals surface area contributed by atoms with Crippen molar-refractivity contribution in [1.29, 1.82) is 0 Å². The molecule has 0 aliphatic heterocycles. The Balaban J connectivity index is 1.83. The molecule has 1 aromatic carbocycles. The van der Waals surface area contributed by atoms with E-state index in [9.17, 15) is 14.4 Å². The molecule has 0 unspecified atom stereocenters. The number of amides is 1. The van der Waals surface area contributed by atoms with Gasteiger partial charge in [-0.2, -0.15) is 5.10 Å². The number of aromatic amines is 2. The van der Waals surface area contributed by atoms with Gasteiger partial charge in [-0.3, -0.25) is 14.6 Å². The monoisotopic (exact) mass is 326 g/mol. The SMILES string of the molecule is O=C(CSc1n[nH]c(=O)[nH]c1=O)NCc1ccc(Cl)cc1. The fraction of sp³-hybridized carbons (Fsp3) is 0.167. The van der Waals surface area contributed by atoms with Gasteiger partial charge in [0, 0.05) is 11.6 Å². The summed E-state index contributed by atoms with van der Waals surface area (Å²) < 4.78 is 0. The van der Waals surface area contributed by atoms with Crippen molar-refractivity contribution in [2.75, 3.05) is 5.75 Å². The van der Waals surface area contributed by atoms with E-state index >= 15 is 0 Å². The first-order valence-corrected chi connectivity index (χ1v) is 7.24. The highest BCUT2D eigenvalue weighted by Gasteiger charge is 2.07. The first-order valence-electron chi connectivity index (χ1n) is 5.87. The molecule has 2 aromatic rings. The molecular formula is C12H11ClN4O3S. The second-order valence-corrected chi connectivity index (χ2v) is 5.40. The van der Waals surface area contributed by atoms with E-state index in [0.717, 1.165) is 17.3 Å². The smallest absolute Gasteiger partial charge is 0.342 e. The number of benzene rings is 1. The molecule has 1 aromatic heterocycles. The molecule has 21 heavy (non-hydrogen) atoms. The number of carbonyl (C=O) groups excluding carboxylic acids is 1. The van der Waals surface area contributed by atoms with Crippen LogP contribution in [0.2, 0.25) is 5.02 Å². The van der Waals surface area contributed by atoms with Crippen molar-refractivity contribution in [3.05, 3.63) is 55.7 Å². The zero-order chi connectivity index (χ0) is 15.2. The van der Waals surface area contributed by atoms with Crippen molar-refractivity contribution >= 4 is 29.3 Å². The lowest BCUT2D eigenvalue weighted by Crippen LogP contribution is -2.27. The Morgan fingerprint density at radius 2 is 2.00 bits per heavy atom. The second kappa shape index (κ2) is 7.09. The van der Waals surface area contributed by atoms with Crippen molar-refractivity contribution in [3.8, 4) is 0 Å². The third kappa shape index (κ3) is 4.76. The molecule has 9 heteroatoms. The van der Waals surface area contributed by atoms with Crippen LogP contribution in [0, 0.1) is 0 Å². The van der Waals surface area contributed by atoms with E-state index in [0.29, 0.717) is 11.6 Å². The lowest BCUT2D eigenvalue weighted by Gasteiger charge is -2.04. The lowest BCUT2D eigenvalue weighted by atomic mass is 10.2. The van der Waals surface area contributed by atoms with Gasteiger partial charge >= 0.3 is 5.69 Å². The maximum absolute atomic E-state index is 11.7. The number of thioether (sulfide) groups is 1. The molecule has 0 bridgehead atoms. The quantitative estimate of drug-likeness (QED) is 0.694. The predicted octanol–water partition coefficient (Wildman–Crippen LogP) is 0.520. The largest absolute Gasteiger partial charge is 0.351 e. The van der Waals surface area contributed by atoms with E-state index < -0.39 is 11.2 Å². The van der Waals surface area contributed by atoms with Gasteiger partial charge in [-0.25, -0.2) is 9.89 Å². The standard InChI is InChI=1S/C12H11ClN4O3S/c13-8-3-1-7(2-4-8)5-14-9(18)6-21-11-10(19)15-12(20)17-16-11/h1-4H,5-6H2,(H,14,18)(H2,15,17,19,20). The number of carbonyl (C=O) groups is 1. The average molecular weight is 327 g/mol. The average Bonchev–Trinajstić information content (AvgIpc) is 2.46. The maximum atomic E-state index is 11.7. The van der Waals surface area contributed by atoms with Crippen LogP contribution in [0.3, 0.4) is 0 Å². The summed E-state index contributed by atoms with van der Waals surface area (Å²) in [6.07, 6.45) is 0. The van der Waals surface area contributed by atoms with Crippen LogP contribution in [0.4, 0.5) is 0 Å². The molecule has 0 atom stereocenters. The third-order valence-corrected chi connectivity index (χ3v) is 3.63. The Labute approximate surface area is 128 Å². The van der Waals surface area contributed by atoms with Gasteiger partial charge in [0.2, 0.25) is 5.91 Å². The van der Waals surface area contributed by atoms with Gasteiger partial charge in [0.1, 0.15) is 0 Å². The van der Waals surface area contributed by atoms with Gasteiger partial charge in [0.25, 0.3) is 5.56 Å². The number of H-pyrrole nitrogens is 2. The minimum absolute atomic E-state index is 0.0235. The number of nitrogens with zero attached hydrogens (tertiary/aromatic N) is 1. The zero-order valence-corrected chi connectivity index (χ0v) is 12.3. The number of hydrogen-bond donors (Lipinski definition) is 3. The summed E-state index contributed by atoms with van der Waals surface area (Å²) in [5.41, 5.74) is -0.386. The van der Waals surface area contributed by atoms with E-state index in [4.69, 9.17) is 11.6 Å². The molecular weight excluding hydrogens is 316 g/mol. The lowest BCUT2D eigenvalue weighted by molar-refractivity contribution is -0.118. The number of halogens is 1. The molecule has 0 saturated carbocycles. The van der Waals surface area contributed by atoms with Gasteiger partial charge in [0.05, 0.1) is 5.75 Å². The van der Waals surface area contributed by atoms with E-state index in [-0.39, 0.29) is 16.7 Å². The molecule has 0 fully saturated rings. The molecule has 7 nitrogen and oxygen atoms in total. The molecule has 1 amide bonds. The fourth-order valence-electron chi connectivity index (χ4n) is 1.42. The maximum Gasteiger partial charge on any atom is 0.342 e. The fourth-order valence-corrected chi connectivity index (χ4v) is 2.21. The molecule has 2 rings (SSSR count). The van der Waals surface area contributed by atoms with E-state index in [1.54, 1.807) is 12.1 Å². The Morgan fingerprint density at radius 1 is 1.29 bits per heavy atom. The number of aromatic nitrogens is 3. The minimum Gasteiger partial charge on any atom is -0.351 e. The highest BCUT2D eigenvalue weighted by Crippen LogP contribution is 2.10. The third-order valence-electron chi connectivity index (χ3n) is 2.42. The summed E-state index contributed by atoms with van der Waals surface area (Å²) in [7, 11) is 0. The van der Waals surface area contributed by atoms with Crippen LogP contribution < -0.4 is 16.6 Å². The summed E-state index contributed by atoms with van der Waals surface area (Å²) in [6, 6.07) is 7.09. The van der Waals surface area contributed by atoms with Crippen LogP contribution in [0.1, 0.15) is 5.56 Å². The molecule has 0 radical (unpaired) electrons. The summed E-state index contributed by atoms with van der Waals surface area (Å²) >= 11 is 6.71. The Hall–Kier alpha value is -2.06. The molecule has 0 aliphatic rings. The first kappa shape index (κ1) is 15.3. The van der Waals surface area contributed by atoms with Crippen molar-refractivity contribution in [1.82, 2.24) is 20.5 Å². The topological polar surface area (TPSA) is 108 Å². The van der Waals surface area contributed by atoms with Crippen molar-refractivity contribution < 1.29 is 4.79 Å². The van der Waals surface area contributed by atoms with E-state index in [2.05, 4.69) is 15.5 Å². The summed E-state index contributed by atoms with van der Waals surface area (Å²) in [5.74, 6) is -0.224. The summed E-state index contributed by atoms with van der Waals surface area (Å²) in [6.45, 7) is 0.367. The molecule has 0 spiro atoms. The van der Waals surface area contributed by atoms with Crippen molar-refractivity contribution in [2.45, 2.75) is 11.6 Å². The van der Waals surface area contributed by atoms with Gasteiger partial charge in [0.15, 0.2) is 5.03 Å². The Kier molecular flexibility index (Phi) is 5.18. The molecule has 1 heterocycles. The molecule has 0 saturated heterocycles. The molecule has 110 valence electrons. The number of hydrogen-bond acceptors (Lipinski definition) is 5. The minimum atomic E-state index is -0.684. The van der Waals surface area contributed by atoms with Gasteiger partial charge in [-0.15, -0.1) is 0 Å². The summed E-state index contributed by atoms with van der Waals surface area (Å²) in [4.78, 5) is 35.8. The number of nitrogens with one attached hydrogen (secondary N) is 3. The number of rotatable bonds is 5. The highest BCUT2D eigenvalue weighted by molar-refractivity contribution is 7.99. The van der Waals surface area contributed by atoms with Crippen molar-refractivity contribution in [3.63, 3.8) is 0 Å². The predicted molar refractivity (Wildman–Crippen MR) is 79.5 cm³/mol. The first-order chi connectivity index (χ1) is 10.0. The summed E-state index contributed by atoms with van der Waals surface area (Å²) in [5, 5.41) is 9.04. The van der Waals surface area contributed by atoms with Crippen LogP contribution in [0.5, 0.6) is 0 Å². The van der Waals surface area contributed by atoms with E-state index in [1.807, 2.05) is 17.1 Å². The van der Waals surface area contributed by atoms with Crippen LogP contribution >= 0.6 is 23.4 Å². The Morgan fingerprint density at radius 3 is 2.67 bits per heavy atom. The van der Waals surface area contributed by atoms with Gasteiger partial charge < -0.3 is 5.32 Å². The van der Waals surface area contributed by atoms with Crippen LogP contribution in [-0.4, -0.2) is 26.8 Å². The van der Waals surface area contributed by atoms with Crippen LogP contribution in [0.15, 0.2) is 38.9 Å².